The molecule has 0 aliphatic rings. The fraction of sp³-hybridized carbons (Fsp3) is 0.400. The van der Waals surface area contributed by atoms with Crippen LogP contribution in [0, 0.1) is 6.92 Å². The van der Waals surface area contributed by atoms with Gasteiger partial charge in [-0.15, -0.1) is 11.3 Å². The van der Waals surface area contributed by atoms with Crippen molar-refractivity contribution in [2.24, 2.45) is 12.8 Å². The van der Waals surface area contributed by atoms with Gasteiger partial charge in [-0.1, -0.05) is 0 Å². The molecule has 0 aliphatic carbocycles. The van der Waals surface area contributed by atoms with Gasteiger partial charge in [-0.3, -0.25) is 4.68 Å². The fourth-order valence-corrected chi connectivity index (χ4v) is 2.37. The van der Waals surface area contributed by atoms with E-state index in [0.717, 1.165) is 22.8 Å². The predicted molar refractivity (Wildman–Crippen MR) is 60.7 cm³/mol. The number of aryl methyl sites for hydroxylation is 2. The summed E-state index contributed by atoms with van der Waals surface area (Å²) in [6, 6.07) is 1.92. The Hall–Kier alpha value is -1.20. The largest absolute Gasteiger partial charge is 0.322 e. The second-order valence-electron chi connectivity index (χ2n) is 3.57. The standard InChI is InChI=1S/C10H14N4S/c1-7-6-15-10(13-7)5-8(11)9-3-4-12-14(9)2/h3-4,6,8H,5,11H2,1-2H3. The van der Waals surface area contributed by atoms with Crippen LogP contribution < -0.4 is 5.73 Å². The molecule has 0 amide bonds. The average molecular weight is 222 g/mol. The SMILES string of the molecule is Cc1csc(CC(N)c2ccnn2C)n1. The van der Waals surface area contributed by atoms with Crippen LogP contribution in [-0.4, -0.2) is 14.8 Å². The van der Waals surface area contributed by atoms with E-state index >= 15 is 0 Å². The molecule has 2 heterocycles. The molecule has 0 fully saturated rings. The first-order valence-corrected chi connectivity index (χ1v) is 5.69. The lowest BCUT2D eigenvalue weighted by Crippen LogP contribution is -2.17. The Labute approximate surface area is 92.8 Å². The summed E-state index contributed by atoms with van der Waals surface area (Å²) < 4.78 is 1.81. The Morgan fingerprint density at radius 3 is 2.93 bits per heavy atom. The van der Waals surface area contributed by atoms with Gasteiger partial charge in [-0.25, -0.2) is 4.98 Å². The third kappa shape index (κ3) is 2.24. The normalized spacial score (nSPS) is 13.0. The van der Waals surface area contributed by atoms with Crippen molar-refractivity contribution in [2.45, 2.75) is 19.4 Å². The maximum Gasteiger partial charge on any atom is 0.0947 e. The van der Waals surface area contributed by atoms with Crippen molar-refractivity contribution in [2.75, 3.05) is 0 Å². The Morgan fingerprint density at radius 1 is 1.60 bits per heavy atom. The highest BCUT2D eigenvalue weighted by Gasteiger charge is 2.12. The van der Waals surface area contributed by atoms with Gasteiger partial charge < -0.3 is 5.73 Å². The minimum Gasteiger partial charge on any atom is -0.322 e. The van der Waals surface area contributed by atoms with Gasteiger partial charge in [0.15, 0.2) is 0 Å². The fourth-order valence-electron chi connectivity index (χ4n) is 1.54. The van der Waals surface area contributed by atoms with Crippen molar-refractivity contribution < 1.29 is 0 Å². The molecule has 0 saturated carbocycles. The van der Waals surface area contributed by atoms with E-state index in [-0.39, 0.29) is 6.04 Å². The number of hydrogen-bond donors (Lipinski definition) is 1. The van der Waals surface area contributed by atoms with Gasteiger partial charge in [0.1, 0.15) is 0 Å². The van der Waals surface area contributed by atoms with E-state index in [0.29, 0.717) is 0 Å². The summed E-state index contributed by atoms with van der Waals surface area (Å²) in [5.41, 5.74) is 8.19. The second-order valence-corrected chi connectivity index (χ2v) is 4.52. The van der Waals surface area contributed by atoms with Crippen molar-refractivity contribution in [1.82, 2.24) is 14.8 Å². The van der Waals surface area contributed by atoms with Gasteiger partial charge in [0, 0.05) is 30.7 Å². The number of nitrogens with zero attached hydrogens (tertiary/aromatic N) is 3. The molecule has 0 bridgehead atoms. The van der Waals surface area contributed by atoms with Crippen LogP contribution in [0.5, 0.6) is 0 Å². The van der Waals surface area contributed by atoms with E-state index in [1.165, 1.54) is 0 Å². The van der Waals surface area contributed by atoms with E-state index in [1.54, 1.807) is 17.5 Å². The van der Waals surface area contributed by atoms with Gasteiger partial charge in [0.2, 0.25) is 0 Å². The first kappa shape index (κ1) is 10.3. The topological polar surface area (TPSA) is 56.7 Å². The highest BCUT2D eigenvalue weighted by atomic mass is 32.1. The van der Waals surface area contributed by atoms with Crippen LogP contribution in [0.2, 0.25) is 0 Å². The van der Waals surface area contributed by atoms with Gasteiger partial charge in [0.25, 0.3) is 0 Å². The molecule has 2 aromatic rings. The molecule has 80 valence electrons. The van der Waals surface area contributed by atoms with Crippen molar-refractivity contribution in [3.63, 3.8) is 0 Å². The monoisotopic (exact) mass is 222 g/mol. The molecule has 2 aromatic heterocycles. The van der Waals surface area contributed by atoms with E-state index < -0.39 is 0 Å². The molecular weight excluding hydrogens is 208 g/mol. The minimum absolute atomic E-state index is 0.0250. The van der Waals surface area contributed by atoms with Crippen molar-refractivity contribution >= 4 is 11.3 Å². The van der Waals surface area contributed by atoms with Crippen LogP contribution in [0.1, 0.15) is 22.4 Å². The number of nitrogens with two attached hydrogens (primary N) is 1. The molecule has 5 heteroatoms. The molecule has 1 atom stereocenters. The molecule has 2 N–H and O–H groups in total. The lowest BCUT2D eigenvalue weighted by Gasteiger charge is -2.09. The smallest absolute Gasteiger partial charge is 0.0947 e. The summed E-state index contributed by atoms with van der Waals surface area (Å²) >= 11 is 1.66. The maximum absolute atomic E-state index is 6.09. The summed E-state index contributed by atoms with van der Waals surface area (Å²) in [4.78, 5) is 4.40. The van der Waals surface area contributed by atoms with Crippen LogP contribution in [0.4, 0.5) is 0 Å². The van der Waals surface area contributed by atoms with Crippen LogP contribution in [0.3, 0.4) is 0 Å². The van der Waals surface area contributed by atoms with E-state index in [9.17, 15) is 0 Å². The first-order valence-electron chi connectivity index (χ1n) is 4.81. The summed E-state index contributed by atoms with van der Waals surface area (Å²) in [7, 11) is 1.91. The Morgan fingerprint density at radius 2 is 2.40 bits per heavy atom. The number of thiazole rings is 1. The molecule has 0 aromatic carbocycles. The van der Waals surface area contributed by atoms with Crippen LogP contribution in [0.25, 0.3) is 0 Å². The molecule has 1 unspecified atom stereocenters. The Balaban J connectivity index is 2.10. The van der Waals surface area contributed by atoms with Crippen molar-refractivity contribution in [1.29, 1.82) is 0 Å². The first-order chi connectivity index (χ1) is 7.16. The molecular formula is C10H14N4S. The lowest BCUT2D eigenvalue weighted by molar-refractivity contribution is 0.615. The molecule has 15 heavy (non-hydrogen) atoms. The van der Waals surface area contributed by atoms with Gasteiger partial charge >= 0.3 is 0 Å². The molecule has 2 rings (SSSR count). The Kier molecular flexibility index (Phi) is 2.83. The van der Waals surface area contributed by atoms with Crippen LogP contribution in [-0.2, 0) is 13.5 Å². The third-order valence-corrected chi connectivity index (χ3v) is 3.29. The predicted octanol–water partition coefficient (Wildman–Crippen LogP) is 1.43. The molecule has 4 nitrogen and oxygen atoms in total. The number of rotatable bonds is 3. The number of hydrogen-bond acceptors (Lipinski definition) is 4. The van der Waals surface area contributed by atoms with E-state index in [2.05, 4.69) is 10.1 Å². The summed E-state index contributed by atoms with van der Waals surface area (Å²) in [6.07, 6.45) is 2.54. The molecule has 0 spiro atoms. The van der Waals surface area contributed by atoms with Gasteiger partial charge in [0.05, 0.1) is 16.7 Å². The zero-order chi connectivity index (χ0) is 10.8. The highest BCUT2D eigenvalue weighted by molar-refractivity contribution is 7.09. The molecule has 0 saturated heterocycles. The van der Waals surface area contributed by atoms with Gasteiger partial charge in [-0.05, 0) is 13.0 Å². The lowest BCUT2D eigenvalue weighted by atomic mass is 10.1. The summed E-state index contributed by atoms with van der Waals surface area (Å²) in [5, 5.41) is 7.24. The minimum atomic E-state index is -0.0250. The van der Waals surface area contributed by atoms with E-state index in [4.69, 9.17) is 5.73 Å². The van der Waals surface area contributed by atoms with Crippen molar-refractivity contribution in [3.8, 4) is 0 Å². The van der Waals surface area contributed by atoms with Crippen molar-refractivity contribution in [3.05, 3.63) is 34.0 Å². The van der Waals surface area contributed by atoms with Crippen LogP contribution >= 0.6 is 11.3 Å². The second kappa shape index (κ2) is 4.12. The zero-order valence-corrected chi connectivity index (χ0v) is 9.66. The average Bonchev–Trinajstić information content (AvgIpc) is 2.75. The van der Waals surface area contributed by atoms with E-state index in [1.807, 2.05) is 30.1 Å². The summed E-state index contributed by atoms with van der Waals surface area (Å²) in [5.74, 6) is 0. The maximum atomic E-state index is 6.09. The quantitative estimate of drug-likeness (QED) is 0.854. The Bertz CT molecular complexity index is 446. The molecule has 0 aliphatic heterocycles. The number of aromatic nitrogens is 3. The third-order valence-electron chi connectivity index (χ3n) is 2.30. The highest BCUT2D eigenvalue weighted by Crippen LogP contribution is 2.17. The van der Waals surface area contributed by atoms with Crippen LogP contribution in [0.15, 0.2) is 17.6 Å². The molecule has 0 radical (unpaired) electrons. The zero-order valence-electron chi connectivity index (χ0n) is 8.84. The summed E-state index contributed by atoms with van der Waals surface area (Å²) in [6.45, 7) is 2.00. The van der Waals surface area contributed by atoms with Gasteiger partial charge in [-0.2, -0.15) is 5.10 Å².